The van der Waals surface area contributed by atoms with Gasteiger partial charge in [-0.15, -0.1) is 0 Å². The summed E-state index contributed by atoms with van der Waals surface area (Å²) in [6, 6.07) is 0. The first kappa shape index (κ1) is 25.6. The third kappa shape index (κ3) is 3.73. The van der Waals surface area contributed by atoms with Crippen molar-refractivity contribution in [3.8, 4) is 0 Å². The number of rotatable bonds is 6. The predicted octanol–water partition coefficient (Wildman–Crippen LogP) is 4.71. The molecule has 0 amide bonds. The van der Waals surface area contributed by atoms with Crippen LogP contribution in [0.2, 0.25) is 0 Å². The number of hydrogen-bond acceptors (Lipinski definition) is 4. The third-order valence-electron chi connectivity index (χ3n) is 10.9. The molecule has 0 unspecified atom stereocenters. The van der Waals surface area contributed by atoms with Crippen molar-refractivity contribution >= 4 is 39.6 Å². The zero-order valence-electron chi connectivity index (χ0n) is 20.2. The van der Waals surface area contributed by atoms with Gasteiger partial charge in [-0.05, 0) is 85.4 Å². The van der Waals surface area contributed by atoms with Gasteiger partial charge in [0.2, 0.25) is 0 Å². The molecular weight excluding hydrogens is 504 g/mol. The van der Waals surface area contributed by atoms with Crippen LogP contribution in [0.4, 0.5) is 0 Å². The van der Waals surface area contributed by atoms with E-state index < -0.39 is 40.0 Å². The fourth-order valence-corrected chi connectivity index (χ4v) is 10.2. The van der Waals surface area contributed by atoms with E-state index in [1.165, 1.54) is 0 Å². The van der Waals surface area contributed by atoms with Crippen LogP contribution in [0.15, 0.2) is 0 Å². The molecule has 0 aromatic heterocycles. The summed E-state index contributed by atoms with van der Waals surface area (Å²) in [5.74, 6) is -3.74. The molecule has 4 aliphatic rings. The zero-order valence-corrected chi connectivity index (χ0v) is 21.8. The second-order valence-corrected chi connectivity index (χ2v) is 13.0. The number of carbonyl (C=O) groups excluding carboxylic acids is 1. The number of hydrogen-bond donors (Lipinski definition) is 3. The van der Waals surface area contributed by atoms with E-state index in [-0.39, 0.29) is 53.1 Å². The maximum absolute atomic E-state index is 13.9. The SMILES string of the molecule is C[C@@H](CCC(=O)O)[C@H]1CC[C@@H]2[C@H]3C(=O)[C@H](Br)[C@@H]4C[C@H](C(=O)O)CC[C@]4(C)[C@@H]3C[C@H](C(=O)O)[C@@]21C. The van der Waals surface area contributed by atoms with E-state index in [9.17, 15) is 34.5 Å². The number of Topliss-reactive ketones (excluding diaryl/α,β-unsaturated/α-hetero) is 1. The highest BCUT2D eigenvalue weighted by Gasteiger charge is 2.69. The van der Waals surface area contributed by atoms with Gasteiger partial charge in [-0.1, -0.05) is 36.7 Å². The smallest absolute Gasteiger partial charge is 0.307 e. The Morgan fingerprint density at radius 2 is 1.68 bits per heavy atom. The van der Waals surface area contributed by atoms with Crippen molar-refractivity contribution in [1.82, 2.24) is 0 Å². The molecular formula is C26H37BrO7. The van der Waals surface area contributed by atoms with Gasteiger partial charge in [-0.25, -0.2) is 0 Å². The van der Waals surface area contributed by atoms with Crippen molar-refractivity contribution in [2.45, 2.75) is 77.0 Å². The van der Waals surface area contributed by atoms with Gasteiger partial charge in [0.15, 0.2) is 0 Å². The van der Waals surface area contributed by atoms with Crippen LogP contribution in [0, 0.1) is 58.2 Å². The monoisotopic (exact) mass is 540 g/mol. The van der Waals surface area contributed by atoms with Crippen LogP contribution in [0.5, 0.6) is 0 Å². The zero-order chi connectivity index (χ0) is 25.2. The average Bonchev–Trinajstić information content (AvgIpc) is 3.12. The van der Waals surface area contributed by atoms with Gasteiger partial charge in [0.25, 0.3) is 0 Å². The molecule has 0 heterocycles. The average molecular weight is 541 g/mol. The first-order chi connectivity index (χ1) is 15.8. The van der Waals surface area contributed by atoms with E-state index >= 15 is 0 Å². The van der Waals surface area contributed by atoms with Crippen molar-refractivity contribution in [3.63, 3.8) is 0 Å². The summed E-state index contributed by atoms with van der Waals surface area (Å²) in [6.07, 6.45) is 4.32. The molecule has 0 aliphatic heterocycles. The molecule has 11 atom stereocenters. The molecule has 34 heavy (non-hydrogen) atoms. The van der Waals surface area contributed by atoms with Gasteiger partial charge >= 0.3 is 17.9 Å². The third-order valence-corrected chi connectivity index (χ3v) is 11.9. The summed E-state index contributed by atoms with van der Waals surface area (Å²) in [4.78, 5) is 49.0. The van der Waals surface area contributed by atoms with Crippen molar-refractivity contribution in [1.29, 1.82) is 0 Å². The largest absolute Gasteiger partial charge is 0.481 e. The fraction of sp³-hybridized carbons (Fsp3) is 0.846. The number of carboxylic acid groups (broad SMARTS) is 3. The lowest BCUT2D eigenvalue weighted by atomic mass is 9.41. The molecule has 0 spiro atoms. The van der Waals surface area contributed by atoms with Gasteiger partial charge in [0, 0.05) is 12.3 Å². The van der Waals surface area contributed by atoms with Crippen LogP contribution >= 0.6 is 15.9 Å². The lowest BCUT2D eigenvalue weighted by Gasteiger charge is -2.62. The first-order valence-corrected chi connectivity index (χ1v) is 13.6. The molecule has 3 N–H and O–H groups in total. The quantitative estimate of drug-likeness (QED) is 0.416. The highest BCUT2D eigenvalue weighted by molar-refractivity contribution is 9.10. The van der Waals surface area contributed by atoms with Gasteiger partial charge in [0.1, 0.15) is 5.78 Å². The molecule has 4 fully saturated rings. The Bertz CT molecular complexity index is 888. The molecule has 8 heteroatoms. The summed E-state index contributed by atoms with van der Waals surface area (Å²) < 4.78 is 0. The van der Waals surface area contributed by atoms with E-state index in [1.807, 2.05) is 13.8 Å². The number of carboxylic acids is 3. The molecule has 0 aromatic carbocycles. The molecule has 4 rings (SSSR count). The number of ketones is 1. The highest BCUT2D eigenvalue weighted by Crippen LogP contribution is 2.70. The van der Waals surface area contributed by atoms with E-state index in [1.54, 1.807) is 0 Å². The summed E-state index contributed by atoms with van der Waals surface area (Å²) in [5, 5.41) is 29.2. The second-order valence-electron chi connectivity index (χ2n) is 12.1. The Balaban J connectivity index is 1.71. The van der Waals surface area contributed by atoms with E-state index in [4.69, 9.17) is 0 Å². The van der Waals surface area contributed by atoms with Crippen LogP contribution in [-0.4, -0.2) is 43.8 Å². The van der Waals surface area contributed by atoms with Crippen LogP contribution in [0.25, 0.3) is 0 Å². The van der Waals surface area contributed by atoms with E-state index in [2.05, 4.69) is 22.9 Å². The molecule has 4 saturated carbocycles. The lowest BCUT2D eigenvalue weighted by molar-refractivity contribution is -0.181. The highest BCUT2D eigenvalue weighted by atomic mass is 79.9. The number of aliphatic carboxylic acids is 3. The Morgan fingerprint density at radius 1 is 1.00 bits per heavy atom. The van der Waals surface area contributed by atoms with Crippen LogP contribution in [0.3, 0.4) is 0 Å². The van der Waals surface area contributed by atoms with E-state index in [0.29, 0.717) is 32.1 Å². The van der Waals surface area contributed by atoms with Gasteiger partial charge < -0.3 is 15.3 Å². The minimum atomic E-state index is -0.842. The van der Waals surface area contributed by atoms with Gasteiger partial charge in [-0.3, -0.25) is 19.2 Å². The van der Waals surface area contributed by atoms with Gasteiger partial charge in [0.05, 0.1) is 16.7 Å². The number of carbonyl (C=O) groups is 4. The Kier molecular flexibility index (Phi) is 6.71. The molecule has 190 valence electrons. The molecule has 0 radical (unpaired) electrons. The molecule has 0 saturated heterocycles. The van der Waals surface area contributed by atoms with Crippen LogP contribution in [0.1, 0.15) is 72.1 Å². The van der Waals surface area contributed by atoms with Crippen molar-refractivity contribution in [3.05, 3.63) is 0 Å². The lowest BCUT2D eigenvalue weighted by Crippen LogP contribution is -2.63. The Hall–Kier alpha value is -1.44. The minimum absolute atomic E-state index is 0.0489. The minimum Gasteiger partial charge on any atom is -0.481 e. The normalized spacial score (nSPS) is 46.6. The van der Waals surface area contributed by atoms with Crippen LogP contribution in [-0.2, 0) is 19.2 Å². The topological polar surface area (TPSA) is 129 Å². The van der Waals surface area contributed by atoms with Crippen LogP contribution < -0.4 is 0 Å². The Labute approximate surface area is 209 Å². The predicted molar refractivity (Wildman–Crippen MR) is 127 cm³/mol. The van der Waals surface area contributed by atoms with Crippen molar-refractivity contribution in [2.24, 2.45) is 58.2 Å². The van der Waals surface area contributed by atoms with Crippen molar-refractivity contribution < 1.29 is 34.5 Å². The van der Waals surface area contributed by atoms with Gasteiger partial charge in [-0.2, -0.15) is 0 Å². The molecule has 0 bridgehead atoms. The summed E-state index contributed by atoms with van der Waals surface area (Å²) >= 11 is 3.69. The summed E-state index contributed by atoms with van der Waals surface area (Å²) in [6.45, 7) is 6.25. The summed E-state index contributed by atoms with van der Waals surface area (Å²) in [5.41, 5.74) is -0.838. The Morgan fingerprint density at radius 3 is 2.26 bits per heavy atom. The fourth-order valence-electron chi connectivity index (χ4n) is 9.05. The number of alkyl halides is 1. The number of halogens is 1. The molecule has 4 aliphatic carbocycles. The molecule has 0 aromatic rings. The van der Waals surface area contributed by atoms with E-state index in [0.717, 1.165) is 12.8 Å². The summed E-state index contributed by atoms with van der Waals surface area (Å²) in [7, 11) is 0. The first-order valence-electron chi connectivity index (χ1n) is 12.7. The second kappa shape index (κ2) is 8.90. The van der Waals surface area contributed by atoms with Crippen molar-refractivity contribution in [2.75, 3.05) is 0 Å². The molecule has 7 nitrogen and oxygen atoms in total. The maximum Gasteiger partial charge on any atom is 0.307 e. The number of fused-ring (bicyclic) bond motifs is 5. The maximum atomic E-state index is 13.9. The standard InChI is InChI=1S/C26H37BrO7/c1-12(4-7-19(28)29)14-5-6-15-20-16(11-18(24(33)34)26(14,15)3)25(2)9-8-13(23(31)32)10-17(25)21(27)22(20)30/h12-18,20-21H,4-11H2,1-3H3,(H,28,29)(H,31,32)(H,33,34)/t12-,13+,14+,15+,16+,17-,18+,20+,21+,25+,26+/m0/s1.